The van der Waals surface area contributed by atoms with Crippen molar-refractivity contribution in [2.24, 2.45) is 7.05 Å². The van der Waals surface area contributed by atoms with Crippen LogP contribution < -0.4 is 4.90 Å². The average molecular weight is 340 g/mol. The molecule has 1 unspecified atom stereocenters. The minimum absolute atomic E-state index is 0.0871. The molecule has 0 aliphatic carbocycles. The smallest absolute Gasteiger partial charge is 0.240 e. The molecule has 0 radical (unpaired) electrons. The fourth-order valence-corrected chi connectivity index (χ4v) is 3.65. The van der Waals surface area contributed by atoms with Crippen molar-refractivity contribution >= 4 is 23.4 Å². The van der Waals surface area contributed by atoms with Crippen molar-refractivity contribution in [3.8, 4) is 5.69 Å². The molecule has 1 aliphatic heterocycles. The first kappa shape index (κ1) is 14.9. The number of rotatable bonds is 4. The van der Waals surface area contributed by atoms with Gasteiger partial charge in [0.1, 0.15) is 6.33 Å². The topological polar surface area (TPSA) is 68.8 Å². The van der Waals surface area contributed by atoms with E-state index < -0.39 is 0 Å². The Morgan fingerprint density at radius 2 is 2.04 bits per heavy atom. The molecule has 1 atom stereocenters. The van der Waals surface area contributed by atoms with Crippen LogP contribution in [-0.2, 0) is 11.8 Å². The van der Waals surface area contributed by atoms with E-state index in [1.807, 2.05) is 43.6 Å². The molecule has 0 bridgehead atoms. The second-order valence-corrected chi connectivity index (χ2v) is 6.73. The van der Waals surface area contributed by atoms with Crippen molar-refractivity contribution in [3.05, 3.63) is 49.1 Å². The van der Waals surface area contributed by atoms with Gasteiger partial charge < -0.3 is 4.90 Å². The van der Waals surface area contributed by atoms with Crippen LogP contribution in [0, 0.1) is 0 Å². The van der Waals surface area contributed by atoms with Gasteiger partial charge in [-0.15, -0.1) is 5.10 Å². The van der Waals surface area contributed by atoms with Crippen LogP contribution in [0.5, 0.6) is 0 Å². The number of aryl methyl sites for hydroxylation is 1. The largest absolute Gasteiger partial charge is 0.308 e. The van der Waals surface area contributed by atoms with Gasteiger partial charge in [0.25, 0.3) is 0 Å². The molecule has 0 N–H and O–H groups in total. The van der Waals surface area contributed by atoms with Crippen LogP contribution in [0.4, 0.5) is 5.69 Å². The highest BCUT2D eigenvalue weighted by atomic mass is 32.2. The fraction of sp³-hybridized carbons (Fsp3) is 0.250. The lowest BCUT2D eigenvalue weighted by molar-refractivity contribution is -0.116. The van der Waals surface area contributed by atoms with Crippen LogP contribution in [0.15, 0.2) is 54.2 Å². The molecule has 4 rings (SSSR count). The summed E-state index contributed by atoms with van der Waals surface area (Å²) in [5.41, 5.74) is 1.79. The van der Waals surface area contributed by atoms with E-state index in [9.17, 15) is 4.79 Å². The van der Waals surface area contributed by atoms with Crippen molar-refractivity contribution in [1.82, 2.24) is 24.5 Å². The van der Waals surface area contributed by atoms with Crippen LogP contribution in [0.2, 0.25) is 0 Å². The molecule has 3 heterocycles. The summed E-state index contributed by atoms with van der Waals surface area (Å²) >= 11 is 1.42. The maximum atomic E-state index is 12.6. The number of amides is 1. The molecule has 0 spiro atoms. The van der Waals surface area contributed by atoms with E-state index in [1.165, 1.54) is 11.8 Å². The number of aromatic nitrogens is 5. The minimum Gasteiger partial charge on any atom is -0.308 e. The first-order valence-corrected chi connectivity index (χ1v) is 8.52. The zero-order chi connectivity index (χ0) is 16.5. The van der Waals surface area contributed by atoms with E-state index in [0.717, 1.165) is 17.8 Å². The zero-order valence-corrected chi connectivity index (χ0v) is 13.9. The Morgan fingerprint density at radius 1 is 1.21 bits per heavy atom. The number of hydrogen-bond donors (Lipinski definition) is 0. The van der Waals surface area contributed by atoms with Gasteiger partial charge in [0.15, 0.2) is 0 Å². The van der Waals surface area contributed by atoms with Crippen LogP contribution in [0.3, 0.4) is 0 Å². The molecule has 1 fully saturated rings. The van der Waals surface area contributed by atoms with E-state index in [0.29, 0.717) is 11.7 Å². The standard InChI is InChI=1S/C16H16N6OS/c1-20-10-13(9-18-20)21-8-7-14(15(21)23)24-16-17-11-22(19-16)12-5-3-2-4-6-12/h2-6,9-11,14H,7-8H2,1H3. The molecular formula is C16H16N6OS. The van der Waals surface area contributed by atoms with Crippen LogP contribution in [0.25, 0.3) is 5.69 Å². The molecule has 1 aliphatic rings. The summed E-state index contributed by atoms with van der Waals surface area (Å²) in [5, 5.41) is 9.05. The summed E-state index contributed by atoms with van der Waals surface area (Å²) in [7, 11) is 1.84. The van der Waals surface area contributed by atoms with Gasteiger partial charge in [-0.2, -0.15) is 5.10 Å². The first-order chi connectivity index (χ1) is 11.7. The molecule has 2 aromatic heterocycles. The van der Waals surface area contributed by atoms with Gasteiger partial charge in [-0.3, -0.25) is 9.48 Å². The SMILES string of the molecule is Cn1cc(N2CCC(Sc3ncn(-c4ccccc4)n3)C2=O)cn1. The van der Waals surface area contributed by atoms with Gasteiger partial charge in [0.2, 0.25) is 11.1 Å². The number of anilines is 1. The highest BCUT2D eigenvalue weighted by Gasteiger charge is 2.34. The van der Waals surface area contributed by atoms with Crippen molar-refractivity contribution in [3.63, 3.8) is 0 Å². The minimum atomic E-state index is -0.156. The third-order valence-corrected chi connectivity index (χ3v) is 5.02. The number of carbonyl (C=O) groups excluding carboxylic acids is 1. The molecule has 1 aromatic carbocycles. The number of benzene rings is 1. The molecule has 3 aromatic rings. The molecule has 24 heavy (non-hydrogen) atoms. The number of carbonyl (C=O) groups is 1. The van der Waals surface area contributed by atoms with E-state index in [-0.39, 0.29) is 11.2 Å². The summed E-state index contributed by atoms with van der Waals surface area (Å²) in [6, 6.07) is 9.80. The van der Waals surface area contributed by atoms with Crippen molar-refractivity contribution in [2.75, 3.05) is 11.4 Å². The molecule has 7 nitrogen and oxygen atoms in total. The highest BCUT2D eigenvalue weighted by molar-refractivity contribution is 8.00. The van der Waals surface area contributed by atoms with Gasteiger partial charge in [0, 0.05) is 19.8 Å². The predicted molar refractivity (Wildman–Crippen MR) is 91.2 cm³/mol. The van der Waals surface area contributed by atoms with Crippen molar-refractivity contribution in [2.45, 2.75) is 16.8 Å². The zero-order valence-electron chi connectivity index (χ0n) is 13.1. The Hall–Kier alpha value is -2.61. The summed E-state index contributed by atoms with van der Waals surface area (Å²) in [6.07, 6.45) is 6.02. The summed E-state index contributed by atoms with van der Waals surface area (Å²) in [6.45, 7) is 0.696. The third-order valence-electron chi connectivity index (χ3n) is 3.90. The first-order valence-electron chi connectivity index (χ1n) is 7.64. The Bertz CT molecular complexity index is 858. The predicted octanol–water partition coefficient (Wildman–Crippen LogP) is 1.90. The van der Waals surface area contributed by atoms with E-state index in [2.05, 4.69) is 15.2 Å². The Labute approximate surface area is 143 Å². The molecule has 122 valence electrons. The van der Waals surface area contributed by atoms with E-state index in [1.54, 1.807) is 26.8 Å². The Balaban J connectivity index is 1.47. The molecule has 0 saturated carbocycles. The van der Waals surface area contributed by atoms with Crippen LogP contribution in [-0.4, -0.2) is 42.2 Å². The second-order valence-electron chi connectivity index (χ2n) is 5.56. The van der Waals surface area contributed by atoms with Crippen molar-refractivity contribution < 1.29 is 4.79 Å². The second kappa shape index (κ2) is 6.12. The van der Waals surface area contributed by atoms with Crippen molar-refractivity contribution in [1.29, 1.82) is 0 Å². The van der Waals surface area contributed by atoms with Gasteiger partial charge in [-0.1, -0.05) is 30.0 Å². The Kier molecular flexibility index (Phi) is 3.81. The lowest BCUT2D eigenvalue weighted by Gasteiger charge is -2.13. The quantitative estimate of drug-likeness (QED) is 0.725. The third kappa shape index (κ3) is 2.80. The number of thioether (sulfide) groups is 1. The van der Waals surface area contributed by atoms with Crippen LogP contribution >= 0.6 is 11.8 Å². The lowest BCUT2D eigenvalue weighted by Crippen LogP contribution is -2.27. The van der Waals surface area contributed by atoms with Gasteiger partial charge >= 0.3 is 0 Å². The average Bonchev–Trinajstić information content (AvgIpc) is 3.31. The summed E-state index contributed by atoms with van der Waals surface area (Å²) < 4.78 is 3.42. The monoisotopic (exact) mass is 340 g/mol. The van der Waals surface area contributed by atoms with E-state index in [4.69, 9.17) is 0 Å². The normalized spacial score (nSPS) is 17.6. The number of nitrogens with zero attached hydrogens (tertiary/aromatic N) is 6. The number of hydrogen-bond acceptors (Lipinski definition) is 5. The molecule has 8 heteroatoms. The Morgan fingerprint density at radius 3 is 2.79 bits per heavy atom. The molecule has 1 saturated heterocycles. The lowest BCUT2D eigenvalue weighted by atomic mass is 10.3. The molecule has 1 amide bonds. The highest BCUT2D eigenvalue weighted by Crippen LogP contribution is 2.31. The van der Waals surface area contributed by atoms with Crippen LogP contribution in [0.1, 0.15) is 6.42 Å². The van der Waals surface area contributed by atoms with E-state index >= 15 is 0 Å². The summed E-state index contributed by atoms with van der Waals surface area (Å²) in [5.74, 6) is 0.0871. The van der Waals surface area contributed by atoms with Gasteiger partial charge in [-0.05, 0) is 18.6 Å². The van der Waals surface area contributed by atoms with Gasteiger partial charge in [0.05, 0.1) is 22.8 Å². The summed E-state index contributed by atoms with van der Waals surface area (Å²) in [4.78, 5) is 18.7. The fourth-order valence-electron chi connectivity index (χ4n) is 2.70. The maximum Gasteiger partial charge on any atom is 0.240 e. The maximum absolute atomic E-state index is 12.6. The molecular weight excluding hydrogens is 324 g/mol. The van der Waals surface area contributed by atoms with Gasteiger partial charge in [-0.25, -0.2) is 9.67 Å². The number of para-hydroxylation sites is 1.